The Morgan fingerprint density at radius 1 is 0.310 bits per heavy atom. The topological polar surface area (TPSA) is 12.9 Å². The molecule has 0 radical (unpaired) electrons. The maximum Gasteiger partial charge on any atom is 0.0353 e. The first kappa shape index (κ1) is 24.3. The Labute approximate surface area is 245 Å². The first-order chi connectivity index (χ1) is 20.8. The molecule has 1 heterocycles. The van der Waals surface area contributed by atoms with Crippen LogP contribution < -0.4 is 0 Å². The van der Waals surface area contributed by atoms with Gasteiger partial charge in [0.25, 0.3) is 0 Å². The van der Waals surface area contributed by atoms with E-state index >= 15 is 0 Å². The van der Waals surface area contributed by atoms with Crippen molar-refractivity contribution in [3.63, 3.8) is 0 Å². The van der Waals surface area contributed by atoms with Gasteiger partial charge in [0.2, 0.25) is 0 Å². The smallest absolute Gasteiger partial charge is 0.0353 e. The third-order valence-corrected chi connectivity index (χ3v) is 8.34. The molecule has 8 rings (SSSR count). The van der Waals surface area contributed by atoms with E-state index in [1.807, 2.05) is 12.4 Å². The van der Waals surface area contributed by atoms with Gasteiger partial charge in [0.15, 0.2) is 0 Å². The van der Waals surface area contributed by atoms with Gasteiger partial charge in [0.05, 0.1) is 0 Å². The van der Waals surface area contributed by atoms with E-state index in [1.54, 1.807) is 0 Å². The summed E-state index contributed by atoms with van der Waals surface area (Å²) < 4.78 is 0. The maximum atomic E-state index is 4.56. The van der Waals surface area contributed by atoms with Gasteiger partial charge < -0.3 is 0 Å². The number of hydrogen-bond acceptors (Lipinski definition) is 1. The van der Waals surface area contributed by atoms with Crippen molar-refractivity contribution in [3.8, 4) is 44.5 Å². The minimum Gasteiger partial charge on any atom is -0.264 e. The Bertz CT molecular complexity index is 2160. The molecule has 0 fully saturated rings. The molecule has 0 aliphatic carbocycles. The number of hydrogen-bond donors (Lipinski definition) is 0. The molecule has 0 atom stereocenters. The summed E-state index contributed by atoms with van der Waals surface area (Å²) in [5.41, 5.74) is 9.82. The number of benzene rings is 7. The predicted octanol–water partition coefficient (Wildman–Crippen LogP) is 11.2. The molecule has 8 aromatic rings. The third kappa shape index (κ3) is 4.15. The van der Waals surface area contributed by atoms with Crippen LogP contribution >= 0.6 is 0 Å². The van der Waals surface area contributed by atoms with Gasteiger partial charge in [0, 0.05) is 17.8 Å². The molecule has 0 spiro atoms. The molecule has 0 amide bonds. The lowest BCUT2D eigenvalue weighted by atomic mass is 9.86. The molecule has 7 aromatic carbocycles. The zero-order valence-electron chi connectivity index (χ0n) is 23.0. The summed E-state index contributed by atoms with van der Waals surface area (Å²) in [6.45, 7) is 0. The molecule has 42 heavy (non-hydrogen) atoms. The molecule has 1 aromatic heterocycles. The van der Waals surface area contributed by atoms with Gasteiger partial charge in [-0.15, -0.1) is 0 Å². The van der Waals surface area contributed by atoms with Crippen LogP contribution in [0.15, 0.2) is 164 Å². The zero-order valence-corrected chi connectivity index (χ0v) is 23.0. The van der Waals surface area contributed by atoms with Crippen molar-refractivity contribution in [2.24, 2.45) is 0 Å². The van der Waals surface area contributed by atoms with Gasteiger partial charge >= 0.3 is 0 Å². The van der Waals surface area contributed by atoms with E-state index < -0.39 is 0 Å². The number of rotatable bonds is 4. The van der Waals surface area contributed by atoms with Crippen LogP contribution in [0.1, 0.15) is 0 Å². The van der Waals surface area contributed by atoms with Crippen molar-refractivity contribution in [2.75, 3.05) is 0 Å². The molecule has 0 aliphatic rings. The van der Waals surface area contributed by atoms with Gasteiger partial charge in [-0.2, -0.15) is 0 Å². The molecule has 0 aliphatic heterocycles. The Hall–Kier alpha value is -5.53. The number of aromatic nitrogens is 1. The maximum absolute atomic E-state index is 4.56. The summed E-state index contributed by atoms with van der Waals surface area (Å²) in [5, 5.41) is 7.38. The van der Waals surface area contributed by atoms with Gasteiger partial charge in [0.1, 0.15) is 0 Å². The highest BCUT2D eigenvalue weighted by Crippen LogP contribution is 2.43. The fourth-order valence-corrected chi connectivity index (χ4v) is 6.31. The van der Waals surface area contributed by atoms with Crippen molar-refractivity contribution in [1.29, 1.82) is 0 Å². The van der Waals surface area contributed by atoms with Crippen LogP contribution in [0.2, 0.25) is 0 Å². The third-order valence-electron chi connectivity index (χ3n) is 8.34. The Morgan fingerprint density at radius 2 is 0.738 bits per heavy atom. The quantitative estimate of drug-likeness (QED) is 0.205. The van der Waals surface area contributed by atoms with Crippen molar-refractivity contribution < 1.29 is 0 Å². The molecular weight excluding hydrogens is 506 g/mol. The SMILES string of the molecule is c1ccc(-c2ccc3cc(-c4ccc(-c5c6ccccc6c(-c6ccccc6)c6ccncc56)cc4)ccc3c2)cc1. The lowest BCUT2D eigenvalue weighted by Crippen LogP contribution is -1.91. The predicted molar refractivity (Wildman–Crippen MR) is 178 cm³/mol. The van der Waals surface area contributed by atoms with E-state index in [0.29, 0.717) is 0 Å². The molecular formula is C41H27N. The largest absolute Gasteiger partial charge is 0.264 e. The second-order valence-corrected chi connectivity index (χ2v) is 10.8. The lowest BCUT2D eigenvalue weighted by Gasteiger charge is -2.17. The average molecular weight is 534 g/mol. The monoisotopic (exact) mass is 533 g/mol. The number of pyridine rings is 1. The highest BCUT2D eigenvalue weighted by atomic mass is 14.6. The van der Waals surface area contributed by atoms with Gasteiger partial charge in [-0.3, -0.25) is 4.98 Å². The summed E-state index contributed by atoms with van der Waals surface area (Å²) in [7, 11) is 0. The standard InChI is InChI=1S/C41H27N/c1-3-9-28(10-4-1)32-19-21-35-26-33(20-22-34(35)25-32)29-15-17-31(18-16-29)41-37-14-8-7-13-36(37)40(30-11-5-2-6-12-30)38-23-24-42-27-39(38)41/h1-27H. The zero-order chi connectivity index (χ0) is 27.9. The molecule has 0 bridgehead atoms. The van der Waals surface area contributed by atoms with Crippen molar-refractivity contribution in [3.05, 3.63) is 164 Å². The van der Waals surface area contributed by atoms with Crippen molar-refractivity contribution in [1.82, 2.24) is 4.98 Å². The molecule has 0 N–H and O–H groups in total. The van der Waals surface area contributed by atoms with Crippen LogP contribution in [0.5, 0.6) is 0 Å². The molecule has 0 saturated heterocycles. The van der Waals surface area contributed by atoms with Crippen LogP contribution in [-0.2, 0) is 0 Å². The summed E-state index contributed by atoms with van der Waals surface area (Å²) >= 11 is 0. The second-order valence-electron chi connectivity index (χ2n) is 10.8. The fraction of sp³-hybridized carbons (Fsp3) is 0. The molecule has 0 saturated carbocycles. The van der Waals surface area contributed by atoms with Crippen molar-refractivity contribution >= 4 is 32.3 Å². The molecule has 1 nitrogen and oxygen atoms in total. The number of fused-ring (bicyclic) bond motifs is 3. The second kappa shape index (κ2) is 10.1. The van der Waals surface area contributed by atoms with E-state index in [2.05, 4.69) is 157 Å². The first-order valence-electron chi connectivity index (χ1n) is 14.4. The summed E-state index contributed by atoms with van der Waals surface area (Å²) in [5.74, 6) is 0. The highest BCUT2D eigenvalue weighted by Gasteiger charge is 2.16. The van der Waals surface area contributed by atoms with E-state index in [0.717, 1.165) is 0 Å². The van der Waals surface area contributed by atoms with E-state index in [9.17, 15) is 0 Å². The van der Waals surface area contributed by atoms with Crippen LogP contribution in [-0.4, -0.2) is 4.98 Å². The van der Waals surface area contributed by atoms with Gasteiger partial charge in [-0.05, 0) is 89.6 Å². The lowest BCUT2D eigenvalue weighted by molar-refractivity contribution is 1.37. The Balaban J connectivity index is 1.23. The van der Waals surface area contributed by atoms with Gasteiger partial charge in [-0.25, -0.2) is 0 Å². The van der Waals surface area contributed by atoms with Crippen LogP contribution in [0.4, 0.5) is 0 Å². The first-order valence-corrected chi connectivity index (χ1v) is 14.4. The van der Waals surface area contributed by atoms with Gasteiger partial charge in [-0.1, -0.05) is 133 Å². The minimum absolute atomic E-state index is 1.17. The van der Waals surface area contributed by atoms with E-state index in [1.165, 1.54) is 76.8 Å². The summed E-state index contributed by atoms with van der Waals surface area (Å²) in [6, 6.07) is 54.7. The fourth-order valence-electron chi connectivity index (χ4n) is 6.31. The van der Waals surface area contributed by atoms with Crippen LogP contribution in [0, 0.1) is 0 Å². The van der Waals surface area contributed by atoms with Crippen molar-refractivity contribution in [2.45, 2.75) is 0 Å². The summed E-state index contributed by atoms with van der Waals surface area (Å²) in [6.07, 6.45) is 3.92. The normalized spacial score (nSPS) is 11.3. The summed E-state index contributed by atoms with van der Waals surface area (Å²) in [4.78, 5) is 4.56. The van der Waals surface area contributed by atoms with Crippen LogP contribution in [0.25, 0.3) is 76.8 Å². The minimum atomic E-state index is 1.17. The molecule has 0 unspecified atom stereocenters. The highest BCUT2D eigenvalue weighted by molar-refractivity contribution is 6.21. The number of nitrogens with zero attached hydrogens (tertiary/aromatic N) is 1. The average Bonchev–Trinajstić information content (AvgIpc) is 3.07. The molecule has 1 heteroatoms. The molecule has 196 valence electrons. The Kier molecular flexibility index (Phi) is 5.86. The van der Waals surface area contributed by atoms with E-state index in [4.69, 9.17) is 0 Å². The van der Waals surface area contributed by atoms with Crippen LogP contribution in [0.3, 0.4) is 0 Å². The van der Waals surface area contributed by atoms with E-state index in [-0.39, 0.29) is 0 Å². The Morgan fingerprint density at radius 3 is 1.36 bits per heavy atom.